The summed E-state index contributed by atoms with van der Waals surface area (Å²) in [6.07, 6.45) is 7.97. The summed E-state index contributed by atoms with van der Waals surface area (Å²) in [5.41, 5.74) is 5.28. The first-order chi connectivity index (χ1) is 11.7. The molecule has 0 heterocycles. The van der Waals surface area contributed by atoms with Crippen LogP contribution < -0.4 is 5.30 Å². The smallest absolute Gasteiger partial charge is 0.00669 e. The molecule has 0 aliphatic rings. The minimum Gasteiger partial charge on any atom is -0.0991 e. The van der Waals surface area contributed by atoms with Crippen molar-refractivity contribution in [1.82, 2.24) is 0 Å². The van der Waals surface area contributed by atoms with Crippen LogP contribution in [-0.2, 0) is 0 Å². The zero-order valence-corrected chi connectivity index (χ0v) is 16.2. The van der Waals surface area contributed by atoms with Gasteiger partial charge in [0.1, 0.15) is 0 Å². The topological polar surface area (TPSA) is 0 Å². The van der Waals surface area contributed by atoms with Gasteiger partial charge in [-0.05, 0) is 41.5 Å². The zero-order valence-electron chi connectivity index (χ0n) is 15.2. The maximum absolute atomic E-state index is 3.91. The maximum atomic E-state index is 3.91. The lowest BCUT2D eigenvalue weighted by atomic mass is 9.87. The third-order valence-electron chi connectivity index (χ3n) is 4.42. The van der Waals surface area contributed by atoms with Crippen LogP contribution in [0.1, 0.15) is 49.3 Å². The van der Waals surface area contributed by atoms with Gasteiger partial charge in [0.05, 0.1) is 0 Å². The highest BCUT2D eigenvalue weighted by Gasteiger charge is 2.13. The van der Waals surface area contributed by atoms with Crippen LogP contribution in [0.15, 0.2) is 67.3 Å². The van der Waals surface area contributed by atoms with Crippen molar-refractivity contribution in [2.75, 3.05) is 6.16 Å². The van der Waals surface area contributed by atoms with E-state index in [9.17, 15) is 0 Å². The summed E-state index contributed by atoms with van der Waals surface area (Å²) in [4.78, 5) is 0. The number of unbranched alkanes of at least 4 members (excludes halogenated alkanes) is 1. The minimum absolute atomic E-state index is 0.358. The molecule has 0 N–H and O–H groups in total. The molecule has 2 rings (SSSR count). The Labute approximate surface area is 149 Å². The molecule has 2 atom stereocenters. The highest BCUT2D eigenvalue weighted by atomic mass is 31.1. The molecule has 0 aliphatic heterocycles. The van der Waals surface area contributed by atoms with E-state index in [1.165, 1.54) is 46.6 Å². The van der Waals surface area contributed by atoms with Crippen LogP contribution in [0.25, 0.3) is 5.57 Å². The van der Waals surface area contributed by atoms with Crippen LogP contribution >= 0.6 is 8.58 Å². The van der Waals surface area contributed by atoms with E-state index in [-0.39, 0.29) is 0 Å². The average Bonchev–Trinajstić information content (AvgIpc) is 2.61. The maximum Gasteiger partial charge on any atom is 0.00669 e. The molecule has 0 spiro atoms. The lowest BCUT2D eigenvalue weighted by Crippen LogP contribution is -2.01. The van der Waals surface area contributed by atoms with Gasteiger partial charge in [0.2, 0.25) is 0 Å². The quantitative estimate of drug-likeness (QED) is 0.294. The van der Waals surface area contributed by atoms with Gasteiger partial charge < -0.3 is 0 Å². The third kappa shape index (κ3) is 5.18. The fraction of sp³-hybridized carbons (Fsp3) is 0.304. The molecule has 2 aromatic carbocycles. The molecule has 0 radical (unpaired) electrons. The fourth-order valence-corrected chi connectivity index (χ4v) is 4.06. The third-order valence-corrected chi connectivity index (χ3v) is 5.76. The number of allylic oxidation sites excluding steroid dienone is 3. The van der Waals surface area contributed by atoms with Gasteiger partial charge in [-0.15, -0.1) is 0 Å². The van der Waals surface area contributed by atoms with E-state index in [0.717, 1.165) is 8.58 Å². The summed E-state index contributed by atoms with van der Waals surface area (Å²) in [5, 5.41) is 1.47. The van der Waals surface area contributed by atoms with Crippen molar-refractivity contribution in [1.29, 1.82) is 0 Å². The van der Waals surface area contributed by atoms with Crippen molar-refractivity contribution in [2.45, 2.75) is 39.5 Å². The van der Waals surface area contributed by atoms with Crippen LogP contribution in [0.5, 0.6) is 0 Å². The number of hydrogen-bond acceptors (Lipinski definition) is 0. The molecule has 0 saturated heterocycles. The Hall–Kier alpha value is -1.65. The highest BCUT2D eigenvalue weighted by Crippen LogP contribution is 2.32. The van der Waals surface area contributed by atoms with Gasteiger partial charge in [-0.2, -0.15) is 0 Å². The van der Waals surface area contributed by atoms with Crippen molar-refractivity contribution < 1.29 is 0 Å². The van der Waals surface area contributed by atoms with Gasteiger partial charge in [-0.25, -0.2) is 0 Å². The monoisotopic (exact) mass is 336 g/mol. The molecule has 0 saturated carbocycles. The average molecular weight is 336 g/mol. The van der Waals surface area contributed by atoms with E-state index in [0.29, 0.717) is 5.92 Å². The van der Waals surface area contributed by atoms with Gasteiger partial charge in [0.15, 0.2) is 0 Å². The number of aryl methyl sites for hydroxylation is 1. The van der Waals surface area contributed by atoms with E-state index in [1.54, 1.807) is 0 Å². The lowest BCUT2D eigenvalue weighted by Gasteiger charge is -2.17. The molecule has 0 aliphatic carbocycles. The molecule has 0 amide bonds. The van der Waals surface area contributed by atoms with Crippen molar-refractivity contribution >= 4 is 19.5 Å². The molecule has 0 nitrogen and oxygen atoms in total. The lowest BCUT2D eigenvalue weighted by molar-refractivity contribution is 0.895. The first kappa shape index (κ1) is 18.7. The number of rotatable bonds is 8. The second-order valence-electron chi connectivity index (χ2n) is 6.35. The van der Waals surface area contributed by atoms with Crippen LogP contribution in [-0.4, -0.2) is 6.16 Å². The molecule has 2 unspecified atom stereocenters. The Balaban J connectivity index is 2.19. The summed E-state index contributed by atoms with van der Waals surface area (Å²) in [5.74, 6) is 0.358. The normalized spacial score (nSPS) is 13.4. The first-order valence-corrected chi connectivity index (χ1v) is 10.1. The summed E-state index contributed by atoms with van der Waals surface area (Å²) in [6.45, 7) is 10.6. The van der Waals surface area contributed by atoms with Gasteiger partial charge in [0.25, 0.3) is 0 Å². The van der Waals surface area contributed by atoms with E-state index in [1.807, 2.05) is 6.08 Å². The Morgan fingerprint density at radius 1 is 1.08 bits per heavy atom. The zero-order chi connectivity index (χ0) is 17.4. The van der Waals surface area contributed by atoms with E-state index >= 15 is 0 Å². The predicted molar refractivity (Wildman–Crippen MR) is 112 cm³/mol. The van der Waals surface area contributed by atoms with Crippen molar-refractivity contribution in [3.8, 4) is 0 Å². The van der Waals surface area contributed by atoms with Crippen LogP contribution in [0.3, 0.4) is 0 Å². The second kappa shape index (κ2) is 9.60. The van der Waals surface area contributed by atoms with Gasteiger partial charge in [-0.1, -0.05) is 102 Å². The minimum atomic E-state index is 0.358. The van der Waals surface area contributed by atoms with Gasteiger partial charge >= 0.3 is 0 Å². The van der Waals surface area contributed by atoms with Crippen molar-refractivity contribution in [2.24, 2.45) is 0 Å². The standard InChI is InChI=1S/C23H29P/c1-5-7-17-24-22-15-13-21(14-16-22)23(8-6-2)19(4)20-11-9-18(3)10-12-20/h6,8-16,19,24H,2,5,7,17H2,1,3-4H3/b23-8+. The van der Waals surface area contributed by atoms with E-state index in [4.69, 9.17) is 0 Å². The summed E-state index contributed by atoms with van der Waals surface area (Å²) in [6, 6.07) is 18.0. The molecule has 24 heavy (non-hydrogen) atoms. The number of hydrogen-bond donors (Lipinski definition) is 0. The molecular formula is C23H29P. The van der Waals surface area contributed by atoms with Gasteiger partial charge in [0, 0.05) is 5.92 Å². The molecule has 0 aromatic heterocycles. The number of benzene rings is 2. The molecule has 0 bridgehead atoms. The Bertz CT molecular complexity index is 662. The Morgan fingerprint density at radius 3 is 2.33 bits per heavy atom. The summed E-state index contributed by atoms with van der Waals surface area (Å²) < 4.78 is 0. The first-order valence-electron chi connectivity index (χ1n) is 8.89. The molecular weight excluding hydrogens is 307 g/mol. The van der Waals surface area contributed by atoms with Crippen LogP contribution in [0.4, 0.5) is 0 Å². The summed E-state index contributed by atoms with van der Waals surface area (Å²) in [7, 11) is 0.928. The predicted octanol–water partition coefficient (Wildman–Crippen LogP) is 6.47. The second-order valence-corrected chi connectivity index (χ2v) is 7.78. The van der Waals surface area contributed by atoms with E-state index in [2.05, 4.69) is 82.0 Å². The Morgan fingerprint density at radius 2 is 1.75 bits per heavy atom. The highest BCUT2D eigenvalue weighted by molar-refractivity contribution is 7.47. The molecule has 1 heteroatoms. The van der Waals surface area contributed by atoms with Crippen LogP contribution in [0.2, 0.25) is 0 Å². The molecule has 126 valence electrons. The van der Waals surface area contributed by atoms with Crippen molar-refractivity contribution in [3.63, 3.8) is 0 Å². The fourth-order valence-electron chi connectivity index (χ4n) is 2.84. The van der Waals surface area contributed by atoms with E-state index < -0.39 is 0 Å². The Kier molecular flexibility index (Phi) is 7.47. The van der Waals surface area contributed by atoms with Crippen molar-refractivity contribution in [3.05, 3.63) is 84.0 Å². The molecule has 2 aromatic rings. The van der Waals surface area contributed by atoms with Crippen LogP contribution in [0, 0.1) is 6.92 Å². The SMILES string of the molecule is C=C/C=C(/c1ccc(PCCCC)cc1)C(C)c1ccc(C)cc1. The largest absolute Gasteiger partial charge is 0.0991 e. The summed E-state index contributed by atoms with van der Waals surface area (Å²) >= 11 is 0. The van der Waals surface area contributed by atoms with Gasteiger partial charge in [-0.3, -0.25) is 0 Å². The molecule has 0 fully saturated rings.